The van der Waals surface area contributed by atoms with E-state index in [0.717, 1.165) is 10.2 Å². The summed E-state index contributed by atoms with van der Waals surface area (Å²) >= 11 is -5.32. The zero-order valence-electron chi connectivity index (χ0n) is 10.7. The molecule has 18 heavy (non-hydrogen) atoms. The van der Waals surface area contributed by atoms with Crippen LogP contribution in [0, 0.1) is 0 Å². The molecule has 0 rings (SSSR count). The van der Waals surface area contributed by atoms with Gasteiger partial charge in [-0.05, 0) is 0 Å². The van der Waals surface area contributed by atoms with Crippen molar-refractivity contribution in [3.05, 3.63) is 64.0 Å². The van der Waals surface area contributed by atoms with Crippen molar-refractivity contribution < 1.29 is 17.0 Å². The second-order valence-corrected chi connectivity index (χ2v) is 32.1. The van der Waals surface area contributed by atoms with E-state index < -0.39 is 32.7 Å². The van der Waals surface area contributed by atoms with Crippen LogP contribution in [0.15, 0.2) is 64.0 Å². The van der Waals surface area contributed by atoms with Crippen LogP contribution in [-0.2, 0) is 0 Å². The van der Waals surface area contributed by atoms with Gasteiger partial charge in [0.15, 0.2) is 0 Å². The standard InChI is InChI=1S/C14H23I2S2/c1-7-15(8-2,9-3)18-14-13-16(17,10-4,11-5)12-6/h7-12,17H,1-6,13-14H2/q-1. The van der Waals surface area contributed by atoms with Gasteiger partial charge in [0, 0.05) is 0 Å². The molecule has 0 heterocycles. The molecule has 106 valence electrons. The Hall–Kier alpha value is 0.600. The second-order valence-electron chi connectivity index (χ2n) is 3.33. The second kappa shape index (κ2) is 7.40. The number of hydrogen-bond donors (Lipinski definition) is 1. The summed E-state index contributed by atoms with van der Waals surface area (Å²) in [5.74, 6) is 0.989. The number of hydrogen-bond acceptors (Lipinski definition) is 2. The first kappa shape index (κ1) is 18.6. The van der Waals surface area contributed by atoms with Crippen LogP contribution in [0.5, 0.6) is 0 Å². The molecule has 0 aliphatic heterocycles. The molecule has 0 saturated carbocycles. The van der Waals surface area contributed by atoms with E-state index in [-0.39, 0.29) is 0 Å². The van der Waals surface area contributed by atoms with E-state index in [1.807, 2.05) is 33.4 Å². The van der Waals surface area contributed by atoms with Crippen molar-refractivity contribution in [1.29, 1.82) is 0 Å². The monoisotopic (exact) mass is 509 g/mol. The van der Waals surface area contributed by atoms with Gasteiger partial charge < -0.3 is 0 Å². The Balaban J connectivity index is 4.88. The maximum atomic E-state index is 4.89. The first-order valence-electron chi connectivity index (χ1n) is 5.14. The average molecular weight is 509 g/mol. The van der Waals surface area contributed by atoms with Crippen molar-refractivity contribution in [3.63, 3.8) is 0 Å². The topological polar surface area (TPSA) is 0 Å². The molecule has 0 aromatic rings. The van der Waals surface area contributed by atoms with Gasteiger partial charge in [-0.15, -0.1) is 0 Å². The molecule has 0 aliphatic rings. The predicted molar refractivity (Wildman–Crippen MR) is 102 cm³/mol. The van der Waals surface area contributed by atoms with Gasteiger partial charge >= 0.3 is 126 Å². The van der Waals surface area contributed by atoms with Gasteiger partial charge in [0.1, 0.15) is 0 Å². The summed E-state index contributed by atoms with van der Waals surface area (Å²) in [6, 6.07) is 0. The molecule has 0 N–H and O–H groups in total. The van der Waals surface area contributed by atoms with Crippen LogP contribution in [0.2, 0.25) is 0 Å². The van der Waals surface area contributed by atoms with Crippen molar-refractivity contribution in [2.75, 3.05) is 10.2 Å². The first-order valence-corrected chi connectivity index (χ1v) is 20.9. The van der Waals surface area contributed by atoms with Gasteiger partial charge in [0.2, 0.25) is 0 Å². The number of rotatable bonds is 10. The van der Waals surface area contributed by atoms with E-state index in [0.29, 0.717) is 0 Å². The number of thiol groups is 1. The van der Waals surface area contributed by atoms with Crippen LogP contribution in [0.4, 0.5) is 0 Å². The molecule has 0 nitrogen and oxygen atoms in total. The van der Waals surface area contributed by atoms with Crippen LogP contribution in [0.3, 0.4) is 0 Å². The maximum absolute atomic E-state index is 4.89. The summed E-state index contributed by atoms with van der Waals surface area (Å²) in [5.41, 5.74) is 0. The Labute approximate surface area is 124 Å². The zero-order valence-corrected chi connectivity index (χ0v) is 16.8. The minimum absolute atomic E-state index is 0.968. The molecule has 0 amide bonds. The molecular weight excluding hydrogens is 486 g/mol. The van der Waals surface area contributed by atoms with Crippen LogP contribution in [-0.4, -0.2) is 10.2 Å². The van der Waals surface area contributed by atoms with Crippen LogP contribution in [0.1, 0.15) is 0 Å². The quantitative estimate of drug-likeness (QED) is 0.269. The van der Waals surface area contributed by atoms with Crippen LogP contribution >= 0.6 is 34.4 Å². The normalized spacial score (nSPS) is 14.6. The van der Waals surface area contributed by atoms with E-state index in [4.69, 9.17) is 9.80 Å². The van der Waals surface area contributed by atoms with Gasteiger partial charge in [-0.2, -0.15) is 0 Å². The van der Waals surface area contributed by atoms with Crippen LogP contribution in [0.25, 0.3) is 0 Å². The zero-order chi connectivity index (χ0) is 14.3. The van der Waals surface area contributed by atoms with E-state index in [1.54, 1.807) is 0 Å². The summed E-state index contributed by atoms with van der Waals surface area (Å²) in [5, 5.41) is 0. The van der Waals surface area contributed by atoms with Gasteiger partial charge in [0.05, 0.1) is 0 Å². The molecule has 0 aromatic carbocycles. The Morgan fingerprint density at radius 3 is 1.56 bits per heavy atom. The van der Waals surface area contributed by atoms with E-state index >= 15 is 0 Å². The molecule has 0 atom stereocenters. The van der Waals surface area contributed by atoms with Crippen molar-refractivity contribution >= 4 is 34.4 Å². The third-order valence-electron chi connectivity index (χ3n) is 2.55. The van der Waals surface area contributed by atoms with Gasteiger partial charge in [-0.25, -0.2) is 0 Å². The van der Waals surface area contributed by atoms with Gasteiger partial charge in [-0.3, -0.25) is 0 Å². The van der Waals surface area contributed by atoms with Crippen molar-refractivity contribution in [1.82, 2.24) is 0 Å². The van der Waals surface area contributed by atoms with E-state index in [9.17, 15) is 0 Å². The molecule has 0 bridgehead atoms. The fourth-order valence-corrected chi connectivity index (χ4v) is 18.2. The number of alkyl halides is 1. The Kier molecular flexibility index (Phi) is 7.65. The SMILES string of the molecule is C=C[I-](C=C)(C=C)SCCI(S)(C=C)(C=C)C=C. The Morgan fingerprint density at radius 1 is 0.889 bits per heavy atom. The summed E-state index contributed by atoms with van der Waals surface area (Å²) in [6.45, 7) is 23.6. The molecular formula is C14H23I2S2-. The number of halogens is 2. The predicted octanol–water partition coefficient (Wildman–Crippen LogP) is 3.08. The molecule has 0 aromatic heterocycles. The summed E-state index contributed by atoms with van der Waals surface area (Å²) in [7, 11) is 6.81. The first-order chi connectivity index (χ1) is 8.37. The van der Waals surface area contributed by atoms with E-state index in [1.165, 1.54) is 0 Å². The summed E-state index contributed by atoms with van der Waals surface area (Å²) < 4.78 is 13.0. The fraction of sp³-hybridized carbons (Fsp3) is 0.143. The molecule has 4 heteroatoms. The fourth-order valence-electron chi connectivity index (χ4n) is 1.07. The van der Waals surface area contributed by atoms with Crippen molar-refractivity contribution in [2.45, 2.75) is 0 Å². The Bertz CT molecular complexity index is 339. The summed E-state index contributed by atoms with van der Waals surface area (Å²) in [6.07, 6.45) is 0. The van der Waals surface area contributed by atoms with Crippen molar-refractivity contribution in [3.8, 4) is 0 Å². The molecule has 0 unspecified atom stereocenters. The molecule has 0 fully saturated rings. The van der Waals surface area contributed by atoms with Gasteiger partial charge in [0.25, 0.3) is 0 Å². The van der Waals surface area contributed by atoms with E-state index in [2.05, 4.69) is 39.5 Å². The minimum atomic E-state index is -3.09. The van der Waals surface area contributed by atoms with Crippen molar-refractivity contribution in [2.24, 2.45) is 0 Å². The molecule has 0 radical (unpaired) electrons. The molecule has 0 spiro atoms. The molecule has 0 aliphatic carbocycles. The van der Waals surface area contributed by atoms with Crippen LogP contribution < -0.4 is 17.0 Å². The Morgan fingerprint density at radius 2 is 1.28 bits per heavy atom. The third kappa shape index (κ3) is 4.31. The molecule has 0 saturated heterocycles. The third-order valence-corrected chi connectivity index (χ3v) is 28.1. The average Bonchev–Trinajstić information content (AvgIpc) is 2.44. The summed E-state index contributed by atoms with van der Waals surface area (Å²) in [4.78, 5) is 0. The van der Waals surface area contributed by atoms with Gasteiger partial charge in [-0.1, -0.05) is 0 Å².